The zero-order chi connectivity index (χ0) is 17.6. The first-order valence-electron chi connectivity index (χ1n) is 7.77. The Bertz CT molecular complexity index is 879. The summed E-state index contributed by atoms with van der Waals surface area (Å²) >= 11 is 1.57. The molecule has 1 N–H and O–H groups in total. The average molecular weight is 356 g/mol. The van der Waals surface area contributed by atoms with Crippen molar-refractivity contribution < 1.29 is 13.9 Å². The third-order valence-electron chi connectivity index (χ3n) is 3.55. The maximum absolute atomic E-state index is 13.6. The zero-order valence-electron chi connectivity index (χ0n) is 13.7. The molecule has 1 heterocycles. The van der Waals surface area contributed by atoms with E-state index in [4.69, 9.17) is 4.74 Å². The van der Waals surface area contributed by atoms with Gasteiger partial charge in [0.1, 0.15) is 18.2 Å². The molecule has 6 heteroatoms. The lowest BCUT2D eigenvalue weighted by molar-refractivity contribution is 0.0950. The summed E-state index contributed by atoms with van der Waals surface area (Å²) in [6.07, 6.45) is 0. The number of nitrogens with zero attached hydrogens (tertiary/aromatic N) is 1. The van der Waals surface area contributed by atoms with Gasteiger partial charge >= 0.3 is 0 Å². The second-order valence-electron chi connectivity index (χ2n) is 5.45. The van der Waals surface area contributed by atoms with Gasteiger partial charge in [0.2, 0.25) is 0 Å². The number of carbonyl (C=O) groups excluding carboxylic acids is 1. The van der Waals surface area contributed by atoms with E-state index in [0.717, 1.165) is 10.7 Å². The van der Waals surface area contributed by atoms with Gasteiger partial charge in [-0.25, -0.2) is 9.37 Å². The highest BCUT2D eigenvalue weighted by atomic mass is 32.1. The van der Waals surface area contributed by atoms with Gasteiger partial charge in [0.25, 0.3) is 5.91 Å². The van der Waals surface area contributed by atoms with Gasteiger partial charge in [-0.2, -0.15) is 0 Å². The zero-order valence-corrected chi connectivity index (χ0v) is 14.5. The lowest BCUT2D eigenvalue weighted by atomic mass is 10.1. The largest absolute Gasteiger partial charge is 0.487 e. The Hall–Kier alpha value is -2.73. The number of thiazole rings is 1. The summed E-state index contributed by atoms with van der Waals surface area (Å²) in [5.74, 6) is -0.0270. The summed E-state index contributed by atoms with van der Waals surface area (Å²) in [5, 5.41) is 5.65. The van der Waals surface area contributed by atoms with E-state index in [9.17, 15) is 9.18 Å². The molecule has 0 bridgehead atoms. The van der Waals surface area contributed by atoms with Crippen LogP contribution in [0.1, 0.15) is 26.6 Å². The van der Waals surface area contributed by atoms with Crippen LogP contribution in [0.25, 0.3) is 0 Å². The SMILES string of the molecule is Cc1nc(COc2cccc(C(=O)NCc3ccccc3F)c2)cs1. The Kier molecular flexibility index (Phi) is 5.40. The van der Waals surface area contributed by atoms with Gasteiger partial charge in [0, 0.05) is 23.1 Å². The van der Waals surface area contributed by atoms with Crippen LogP contribution in [0, 0.1) is 12.7 Å². The van der Waals surface area contributed by atoms with Gasteiger partial charge in [0.05, 0.1) is 10.7 Å². The molecule has 128 valence electrons. The molecule has 0 aliphatic heterocycles. The van der Waals surface area contributed by atoms with E-state index >= 15 is 0 Å². The molecule has 0 saturated carbocycles. The standard InChI is InChI=1S/C19H17FN2O2S/c1-13-22-16(12-25-13)11-24-17-7-4-6-14(9-17)19(23)21-10-15-5-2-3-8-18(15)20/h2-9,12H,10-11H2,1H3,(H,21,23). The Morgan fingerprint density at radius 2 is 2.08 bits per heavy atom. The van der Waals surface area contributed by atoms with E-state index in [-0.39, 0.29) is 18.3 Å². The smallest absolute Gasteiger partial charge is 0.251 e. The van der Waals surface area contributed by atoms with Crippen LogP contribution in [0.4, 0.5) is 4.39 Å². The predicted octanol–water partition coefficient (Wildman–Crippen LogP) is 4.10. The number of benzene rings is 2. The normalized spacial score (nSPS) is 10.5. The number of hydrogen-bond acceptors (Lipinski definition) is 4. The maximum Gasteiger partial charge on any atom is 0.251 e. The molecular formula is C19H17FN2O2S. The number of ether oxygens (including phenoxy) is 1. The molecule has 4 nitrogen and oxygen atoms in total. The number of aryl methyl sites for hydroxylation is 1. The van der Waals surface area contributed by atoms with Crippen LogP contribution in [0.15, 0.2) is 53.9 Å². The van der Waals surface area contributed by atoms with E-state index in [1.165, 1.54) is 6.07 Å². The molecule has 0 atom stereocenters. The third kappa shape index (κ3) is 4.64. The molecule has 25 heavy (non-hydrogen) atoms. The second-order valence-corrected chi connectivity index (χ2v) is 6.51. The van der Waals surface area contributed by atoms with Gasteiger partial charge in [-0.1, -0.05) is 24.3 Å². The van der Waals surface area contributed by atoms with Crippen molar-refractivity contribution in [3.63, 3.8) is 0 Å². The van der Waals surface area contributed by atoms with Crippen molar-refractivity contribution in [2.75, 3.05) is 0 Å². The summed E-state index contributed by atoms with van der Waals surface area (Å²) < 4.78 is 19.3. The summed E-state index contributed by atoms with van der Waals surface area (Å²) in [6.45, 7) is 2.42. The number of halogens is 1. The molecule has 0 spiro atoms. The highest BCUT2D eigenvalue weighted by Crippen LogP contribution is 2.16. The molecule has 1 aromatic heterocycles. The average Bonchev–Trinajstić information content (AvgIpc) is 3.04. The number of carbonyl (C=O) groups is 1. The van der Waals surface area contributed by atoms with Gasteiger partial charge in [-0.15, -0.1) is 11.3 Å². The van der Waals surface area contributed by atoms with Crippen molar-refractivity contribution >= 4 is 17.2 Å². The summed E-state index contributed by atoms with van der Waals surface area (Å²) in [7, 11) is 0. The van der Waals surface area contributed by atoms with Crippen molar-refractivity contribution in [3.8, 4) is 5.75 Å². The topological polar surface area (TPSA) is 51.2 Å². The van der Waals surface area contributed by atoms with Crippen molar-refractivity contribution in [2.24, 2.45) is 0 Å². The molecule has 3 aromatic rings. The molecule has 0 saturated heterocycles. The highest BCUT2D eigenvalue weighted by Gasteiger charge is 2.09. The van der Waals surface area contributed by atoms with Crippen LogP contribution < -0.4 is 10.1 Å². The predicted molar refractivity (Wildman–Crippen MR) is 95.2 cm³/mol. The van der Waals surface area contributed by atoms with Crippen molar-refractivity contribution in [1.82, 2.24) is 10.3 Å². The van der Waals surface area contributed by atoms with Crippen molar-refractivity contribution in [2.45, 2.75) is 20.1 Å². The van der Waals surface area contributed by atoms with Gasteiger partial charge in [-0.3, -0.25) is 4.79 Å². The number of hydrogen-bond donors (Lipinski definition) is 1. The maximum atomic E-state index is 13.6. The number of nitrogens with one attached hydrogen (secondary N) is 1. The Balaban J connectivity index is 1.60. The molecule has 0 radical (unpaired) electrons. The fraction of sp³-hybridized carbons (Fsp3) is 0.158. The molecule has 0 fully saturated rings. The monoisotopic (exact) mass is 356 g/mol. The van der Waals surface area contributed by atoms with Gasteiger partial charge in [0.15, 0.2) is 0 Å². The van der Waals surface area contributed by atoms with E-state index in [1.54, 1.807) is 53.8 Å². The number of amides is 1. The Labute approximate surface area is 149 Å². The highest BCUT2D eigenvalue weighted by molar-refractivity contribution is 7.09. The molecule has 3 rings (SSSR count). The first kappa shape index (κ1) is 17.1. The molecule has 1 amide bonds. The minimum absolute atomic E-state index is 0.134. The second kappa shape index (κ2) is 7.90. The lowest BCUT2D eigenvalue weighted by Crippen LogP contribution is -2.23. The molecule has 2 aromatic carbocycles. The third-order valence-corrected chi connectivity index (χ3v) is 4.37. The van der Waals surface area contributed by atoms with Crippen LogP contribution >= 0.6 is 11.3 Å². The van der Waals surface area contributed by atoms with Crippen molar-refractivity contribution in [1.29, 1.82) is 0 Å². The fourth-order valence-electron chi connectivity index (χ4n) is 2.28. The van der Waals surface area contributed by atoms with Crippen LogP contribution in [-0.2, 0) is 13.2 Å². The minimum atomic E-state index is -0.335. The molecular weight excluding hydrogens is 339 g/mol. The van der Waals surface area contributed by atoms with Gasteiger partial charge in [-0.05, 0) is 31.2 Å². The van der Waals surface area contributed by atoms with E-state index < -0.39 is 0 Å². The summed E-state index contributed by atoms with van der Waals surface area (Å²) in [5.41, 5.74) is 1.77. The first-order valence-corrected chi connectivity index (χ1v) is 8.65. The Morgan fingerprint density at radius 3 is 2.84 bits per heavy atom. The van der Waals surface area contributed by atoms with Crippen LogP contribution in [0.5, 0.6) is 5.75 Å². The quantitative estimate of drug-likeness (QED) is 0.723. The van der Waals surface area contributed by atoms with Crippen LogP contribution in [-0.4, -0.2) is 10.9 Å². The molecule has 0 unspecified atom stereocenters. The van der Waals surface area contributed by atoms with E-state index in [2.05, 4.69) is 10.3 Å². The van der Waals surface area contributed by atoms with Crippen LogP contribution in [0.3, 0.4) is 0 Å². The van der Waals surface area contributed by atoms with E-state index in [0.29, 0.717) is 23.5 Å². The van der Waals surface area contributed by atoms with Crippen molar-refractivity contribution in [3.05, 3.63) is 81.6 Å². The van der Waals surface area contributed by atoms with E-state index in [1.807, 2.05) is 12.3 Å². The minimum Gasteiger partial charge on any atom is -0.487 e. The first-order chi connectivity index (χ1) is 12.1. The van der Waals surface area contributed by atoms with Gasteiger partial charge < -0.3 is 10.1 Å². The number of aromatic nitrogens is 1. The van der Waals surface area contributed by atoms with Crippen LogP contribution in [0.2, 0.25) is 0 Å². The molecule has 0 aliphatic carbocycles. The lowest BCUT2D eigenvalue weighted by Gasteiger charge is -2.08. The summed E-state index contributed by atoms with van der Waals surface area (Å²) in [6, 6.07) is 13.3. The number of rotatable bonds is 6. The summed E-state index contributed by atoms with van der Waals surface area (Å²) in [4.78, 5) is 16.6. The fourth-order valence-corrected chi connectivity index (χ4v) is 2.88. The Morgan fingerprint density at radius 1 is 1.24 bits per heavy atom. The molecule has 0 aliphatic rings.